The van der Waals surface area contributed by atoms with Crippen molar-refractivity contribution in [2.75, 3.05) is 40.4 Å². The molecule has 4 aromatic carbocycles. The number of hydrogen-bond donors (Lipinski definition) is 0. The first kappa shape index (κ1) is 41.8. The third-order valence-corrected chi connectivity index (χ3v) is 16.0. The fraction of sp³-hybridized carbons (Fsp3) is 0.407. The van der Waals surface area contributed by atoms with Gasteiger partial charge >= 0.3 is 0 Å². The van der Waals surface area contributed by atoms with Gasteiger partial charge in [0.2, 0.25) is 0 Å². The Morgan fingerprint density at radius 1 is 0.708 bits per heavy atom. The number of quaternary nitrogens is 1. The van der Waals surface area contributed by atoms with Gasteiger partial charge in [-0.1, -0.05) is 44.5 Å². The molecular weight excluding hydrogens is 820 g/mol. The van der Waals surface area contributed by atoms with Gasteiger partial charge in [0.15, 0.2) is 23.7 Å². The van der Waals surface area contributed by atoms with Gasteiger partial charge in [0.25, 0.3) is 0 Å². The highest BCUT2D eigenvalue weighted by Gasteiger charge is 2.58. The van der Waals surface area contributed by atoms with Crippen molar-refractivity contribution in [2.45, 2.75) is 76.7 Å². The van der Waals surface area contributed by atoms with Gasteiger partial charge in [0, 0.05) is 70.7 Å². The molecule has 6 aliphatic heterocycles. The number of halogens is 1. The molecule has 0 radical (unpaired) electrons. The minimum absolute atomic E-state index is 0.00451. The van der Waals surface area contributed by atoms with Crippen molar-refractivity contribution in [1.29, 1.82) is 0 Å². The predicted molar refractivity (Wildman–Crippen MR) is 246 cm³/mol. The summed E-state index contributed by atoms with van der Waals surface area (Å²) in [6.45, 7) is 7.16. The molecule has 10 atom stereocenters. The van der Waals surface area contributed by atoms with E-state index in [1.807, 2.05) is 54.7 Å². The largest absolute Gasteiger partial charge is 0.497 e. The van der Waals surface area contributed by atoms with Crippen LogP contribution in [0, 0.1) is 23.7 Å². The normalized spacial score (nSPS) is 27.6. The number of rotatable bonds is 12. The van der Waals surface area contributed by atoms with Gasteiger partial charge in [-0.15, -0.1) is 4.71 Å². The Morgan fingerprint density at radius 2 is 1.28 bits per heavy atom. The molecule has 11 heteroatoms. The zero-order valence-corrected chi connectivity index (χ0v) is 37.5. The lowest BCUT2D eigenvalue weighted by Crippen LogP contribution is -2.64. The second kappa shape index (κ2) is 16.5. The van der Waals surface area contributed by atoms with Gasteiger partial charge in [-0.25, -0.2) is 0 Å². The van der Waals surface area contributed by atoms with Gasteiger partial charge < -0.3 is 18.9 Å². The van der Waals surface area contributed by atoms with Crippen LogP contribution in [0.15, 0.2) is 97.3 Å². The number of methoxy groups -OCH3 is 2. The lowest BCUT2D eigenvalue weighted by Gasteiger charge is -2.52. The maximum Gasteiger partial charge on any atom is 0.198 e. The summed E-state index contributed by atoms with van der Waals surface area (Å²) < 4.78 is 43.2. The molecule has 13 rings (SSSR count). The Hall–Kier alpha value is -5.91. The first-order valence-corrected chi connectivity index (χ1v) is 23.5. The van der Waals surface area contributed by atoms with E-state index in [1.165, 1.54) is 0 Å². The highest BCUT2D eigenvalue weighted by molar-refractivity contribution is 6.30. The molecule has 6 saturated heterocycles. The average molecular weight is 876 g/mol. The van der Waals surface area contributed by atoms with Crippen molar-refractivity contribution < 1.29 is 37.7 Å². The van der Waals surface area contributed by atoms with E-state index < -0.39 is 23.0 Å². The van der Waals surface area contributed by atoms with Crippen LogP contribution in [0.5, 0.6) is 23.0 Å². The smallest absolute Gasteiger partial charge is 0.198 e. The van der Waals surface area contributed by atoms with E-state index in [1.54, 1.807) is 56.8 Å². The molecule has 1 aliphatic carbocycles. The molecule has 8 heterocycles. The fourth-order valence-corrected chi connectivity index (χ4v) is 12.5. The molecule has 6 aromatic rings. The first-order chi connectivity index (χ1) is 31.7. The number of ketones is 2. The molecule has 7 aliphatic rings. The number of ether oxygens (including phenoxy) is 4. The van der Waals surface area contributed by atoms with Crippen LogP contribution in [0.1, 0.15) is 108 Å². The number of piperidine rings is 6. The minimum atomic E-state index is -0.836. The Balaban J connectivity index is 1.08. The molecular formula is C54H56FN4O6+. The average Bonchev–Trinajstić information content (AvgIpc) is 3.35. The van der Waals surface area contributed by atoms with Crippen molar-refractivity contribution >= 4 is 33.4 Å². The molecule has 0 spiro atoms. The molecule has 334 valence electrons. The quantitative estimate of drug-likeness (QED) is 0.111. The van der Waals surface area contributed by atoms with Crippen molar-refractivity contribution in [3.8, 4) is 23.0 Å². The van der Waals surface area contributed by atoms with Gasteiger partial charge in [-0.3, -0.25) is 24.5 Å². The molecule has 2 aromatic heterocycles. The monoisotopic (exact) mass is 875 g/mol. The number of aromatic nitrogens is 2. The molecule has 10 nitrogen and oxygen atoms in total. The number of carbonyl (C=O) groups is 2. The second-order valence-corrected chi connectivity index (χ2v) is 19.0. The van der Waals surface area contributed by atoms with Gasteiger partial charge in [-0.05, 0) is 109 Å². The number of hydrogen-bond acceptors (Lipinski definition) is 9. The number of nitrogens with zero attached hydrogens (tertiary/aromatic N) is 4. The van der Waals surface area contributed by atoms with Crippen LogP contribution >= 0.6 is 0 Å². The highest BCUT2D eigenvalue weighted by atomic mass is 19.2. The molecule has 0 amide bonds. The number of pyridine rings is 2. The fourth-order valence-electron chi connectivity index (χ4n) is 12.5. The third-order valence-electron chi connectivity index (χ3n) is 16.0. The maximum atomic E-state index is 17.8. The molecule has 0 N–H and O–H groups in total. The second-order valence-electron chi connectivity index (χ2n) is 19.0. The third kappa shape index (κ3) is 6.96. The number of fused-ring (bicyclic) bond motifs is 10. The zero-order chi connectivity index (χ0) is 44.6. The maximum absolute atomic E-state index is 17.8. The summed E-state index contributed by atoms with van der Waals surface area (Å²) in [6.07, 6.45) is 7.73. The van der Waals surface area contributed by atoms with Crippen LogP contribution in [0.3, 0.4) is 0 Å². The number of carbonyl (C=O) groups excluding carboxylic acids is 2. The van der Waals surface area contributed by atoms with Crippen LogP contribution in [-0.2, 0) is 0 Å². The van der Waals surface area contributed by atoms with Crippen molar-refractivity contribution in [2.24, 2.45) is 23.7 Å². The topological polar surface area (TPSA) is 100 Å². The summed E-state index contributed by atoms with van der Waals surface area (Å²) in [5, 5.41) is 1.69. The Kier molecular flexibility index (Phi) is 10.6. The van der Waals surface area contributed by atoms with Crippen molar-refractivity contribution in [3.63, 3.8) is 0 Å². The van der Waals surface area contributed by atoms with Gasteiger partial charge in [0.1, 0.15) is 42.2 Å². The van der Waals surface area contributed by atoms with E-state index in [9.17, 15) is 0 Å². The van der Waals surface area contributed by atoms with E-state index in [2.05, 4.69) is 23.7 Å². The summed E-state index contributed by atoms with van der Waals surface area (Å²) in [7, 11) is 3.28. The van der Waals surface area contributed by atoms with E-state index in [4.69, 9.17) is 23.9 Å². The van der Waals surface area contributed by atoms with Crippen LogP contribution in [0.2, 0.25) is 0 Å². The number of benzene rings is 4. The molecule has 65 heavy (non-hydrogen) atoms. The van der Waals surface area contributed by atoms with Gasteiger partial charge in [0.05, 0.1) is 42.4 Å². The lowest BCUT2D eigenvalue weighted by molar-refractivity contribution is -1.09. The van der Waals surface area contributed by atoms with Crippen molar-refractivity contribution in [3.05, 3.63) is 131 Å². The van der Waals surface area contributed by atoms with E-state index >= 15 is 14.1 Å². The first-order valence-electron chi connectivity index (χ1n) is 23.5. The molecule has 0 saturated carbocycles. The van der Waals surface area contributed by atoms with Crippen LogP contribution in [-0.4, -0.2) is 83.6 Å². The SMILES string of the molecule is CC[C@H]1CN2CC[C@H]1C[C@H]2[C@@H](Oc1ccc(O[C@@H](c2ccnc3ccc(OC)cc23)[C@@H]2C[C@@H]3CC[N@@+]2(F)C[C@@H]3CC)c2c1C(=O)c1ccccc1C2=O)c1ccnc2ccc(OC)cc12. The summed E-state index contributed by atoms with van der Waals surface area (Å²) in [5.74, 6) is 3.00. The van der Waals surface area contributed by atoms with Crippen molar-refractivity contribution in [1.82, 2.24) is 14.9 Å². The van der Waals surface area contributed by atoms with Crippen LogP contribution in [0.4, 0.5) is 4.48 Å². The Bertz CT molecular complexity index is 2850. The summed E-state index contributed by atoms with van der Waals surface area (Å²) in [5.41, 5.74) is 4.13. The Morgan fingerprint density at radius 3 is 1.82 bits per heavy atom. The molecule has 4 bridgehead atoms. The summed E-state index contributed by atoms with van der Waals surface area (Å²) in [6, 6.07) is 25.4. The van der Waals surface area contributed by atoms with Gasteiger partial charge in [-0.2, -0.15) is 0 Å². The van der Waals surface area contributed by atoms with E-state index in [0.29, 0.717) is 65.6 Å². The molecule has 1 unspecified atom stereocenters. The van der Waals surface area contributed by atoms with E-state index in [-0.39, 0.29) is 40.4 Å². The van der Waals surface area contributed by atoms with Crippen LogP contribution < -0.4 is 18.9 Å². The predicted octanol–water partition coefficient (Wildman–Crippen LogP) is 10.5. The zero-order valence-electron chi connectivity index (χ0n) is 37.5. The standard InChI is InChI=1S/C54H56FN4O6/c1-5-31-29-58-23-19-33(31)25-45(58)53(39-17-21-56-43-13-11-35(62-3)27-41(39)43)64-47-15-16-48(50-49(47)51(60)37-9-7-8-10-38(37)52(50)61)65-54(46-26-34-20-24-59(46,55)30-32(34)6-2)40-18-22-57-44-14-12-36(63-4)28-42(40)44/h7-18,21-22,27-28,31-34,45-46,53-54H,5-6,19-20,23-26,29-30H2,1-4H3/q+1/t31-,32-,33-,34-,45-,46-,53-,54-,59+/m0/s1. The van der Waals surface area contributed by atoms with E-state index in [0.717, 1.165) is 78.1 Å². The molecule has 6 fully saturated rings. The lowest BCUT2D eigenvalue weighted by atomic mass is 9.72. The van der Waals surface area contributed by atoms with Crippen LogP contribution in [0.25, 0.3) is 21.8 Å². The Labute approximate surface area is 379 Å². The highest BCUT2D eigenvalue weighted by Crippen LogP contribution is 2.51. The summed E-state index contributed by atoms with van der Waals surface area (Å²) >= 11 is 0. The minimum Gasteiger partial charge on any atom is -0.497 e. The summed E-state index contributed by atoms with van der Waals surface area (Å²) in [4.78, 5) is 42.2.